The standard InChI is InChI=1S/C14H16O4/c1-3-16-14(15)10(2)8-11-4-5-12-13(9-11)18-7-6-17-12/h4-5,8-9H,3,6-7H2,1-2H3/b10-8+. The van der Waals surface area contributed by atoms with Crippen LogP contribution in [0.1, 0.15) is 19.4 Å². The maximum Gasteiger partial charge on any atom is 0.333 e. The Morgan fingerprint density at radius 3 is 2.78 bits per heavy atom. The van der Waals surface area contributed by atoms with Crippen LogP contribution >= 0.6 is 0 Å². The molecule has 96 valence electrons. The minimum atomic E-state index is -0.299. The number of benzene rings is 1. The van der Waals surface area contributed by atoms with Crippen LogP contribution in [-0.4, -0.2) is 25.8 Å². The predicted molar refractivity (Wildman–Crippen MR) is 67.7 cm³/mol. The van der Waals surface area contributed by atoms with Crippen molar-refractivity contribution in [2.45, 2.75) is 13.8 Å². The van der Waals surface area contributed by atoms with Gasteiger partial charge in [0.1, 0.15) is 13.2 Å². The van der Waals surface area contributed by atoms with Crippen molar-refractivity contribution in [1.82, 2.24) is 0 Å². The zero-order valence-corrected chi connectivity index (χ0v) is 10.6. The van der Waals surface area contributed by atoms with Crippen molar-refractivity contribution in [2.75, 3.05) is 19.8 Å². The normalized spacial score (nSPS) is 14.2. The molecule has 0 aromatic heterocycles. The Morgan fingerprint density at radius 1 is 1.33 bits per heavy atom. The average Bonchev–Trinajstić information content (AvgIpc) is 2.39. The lowest BCUT2D eigenvalue weighted by molar-refractivity contribution is -0.138. The predicted octanol–water partition coefficient (Wildman–Crippen LogP) is 2.42. The minimum Gasteiger partial charge on any atom is -0.486 e. The molecule has 0 radical (unpaired) electrons. The van der Waals surface area contributed by atoms with Crippen LogP contribution in [0.3, 0.4) is 0 Å². The van der Waals surface area contributed by atoms with Crippen molar-refractivity contribution < 1.29 is 19.0 Å². The lowest BCUT2D eigenvalue weighted by Gasteiger charge is -2.18. The highest BCUT2D eigenvalue weighted by Gasteiger charge is 2.11. The highest BCUT2D eigenvalue weighted by Crippen LogP contribution is 2.31. The van der Waals surface area contributed by atoms with E-state index in [-0.39, 0.29) is 5.97 Å². The van der Waals surface area contributed by atoms with Crippen molar-refractivity contribution in [1.29, 1.82) is 0 Å². The van der Waals surface area contributed by atoms with E-state index >= 15 is 0 Å². The van der Waals surface area contributed by atoms with E-state index in [1.54, 1.807) is 19.9 Å². The summed E-state index contributed by atoms with van der Waals surface area (Å²) in [5.41, 5.74) is 1.46. The highest BCUT2D eigenvalue weighted by atomic mass is 16.6. The van der Waals surface area contributed by atoms with E-state index in [0.29, 0.717) is 31.1 Å². The smallest absolute Gasteiger partial charge is 0.333 e. The van der Waals surface area contributed by atoms with Crippen LogP contribution in [0.25, 0.3) is 6.08 Å². The minimum absolute atomic E-state index is 0.299. The molecular weight excluding hydrogens is 232 g/mol. The summed E-state index contributed by atoms with van der Waals surface area (Å²) in [6, 6.07) is 5.59. The molecule has 18 heavy (non-hydrogen) atoms. The van der Waals surface area contributed by atoms with Crippen LogP contribution in [0.15, 0.2) is 23.8 Å². The molecule has 0 unspecified atom stereocenters. The van der Waals surface area contributed by atoms with E-state index < -0.39 is 0 Å². The number of fused-ring (bicyclic) bond motifs is 1. The third-order valence-electron chi connectivity index (χ3n) is 2.55. The summed E-state index contributed by atoms with van der Waals surface area (Å²) in [4.78, 5) is 11.5. The monoisotopic (exact) mass is 248 g/mol. The molecular formula is C14H16O4. The number of esters is 1. The molecule has 4 heteroatoms. The lowest BCUT2D eigenvalue weighted by Crippen LogP contribution is -2.15. The molecule has 0 bridgehead atoms. The van der Waals surface area contributed by atoms with Crippen LogP contribution in [0.2, 0.25) is 0 Å². The van der Waals surface area contributed by atoms with Gasteiger partial charge in [-0.15, -0.1) is 0 Å². The van der Waals surface area contributed by atoms with Gasteiger partial charge in [-0.3, -0.25) is 0 Å². The Balaban J connectivity index is 2.19. The average molecular weight is 248 g/mol. The number of hydrogen-bond acceptors (Lipinski definition) is 4. The van der Waals surface area contributed by atoms with Gasteiger partial charge in [-0.25, -0.2) is 4.79 Å². The van der Waals surface area contributed by atoms with Crippen LogP contribution in [0, 0.1) is 0 Å². The van der Waals surface area contributed by atoms with Gasteiger partial charge >= 0.3 is 5.97 Å². The van der Waals surface area contributed by atoms with Crippen molar-refractivity contribution >= 4 is 12.0 Å². The molecule has 1 aliphatic heterocycles. The van der Waals surface area contributed by atoms with E-state index in [9.17, 15) is 4.79 Å². The van der Waals surface area contributed by atoms with Crippen LogP contribution in [-0.2, 0) is 9.53 Å². The van der Waals surface area contributed by atoms with Crippen molar-refractivity contribution in [3.63, 3.8) is 0 Å². The van der Waals surface area contributed by atoms with Gasteiger partial charge in [-0.05, 0) is 37.6 Å². The number of carbonyl (C=O) groups excluding carboxylic acids is 1. The lowest BCUT2D eigenvalue weighted by atomic mass is 10.1. The van der Waals surface area contributed by atoms with Crippen molar-refractivity contribution in [3.8, 4) is 11.5 Å². The second-order valence-corrected chi connectivity index (χ2v) is 3.95. The van der Waals surface area contributed by atoms with Gasteiger partial charge < -0.3 is 14.2 Å². The summed E-state index contributed by atoms with van der Waals surface area (Å²) in [5, 5.41) is 0. The molecule has 0 amide bonds. The number of hydrogen-bond donors (Lipinski definition) is 0. The maximum atomic E-state index is 11.5. The molecule has 0 N–H and O–H groups in total. The molecule has 1 heterocycles. The van der Waals surface area contributed by atoms with Gasteiger partial charge in [-0.2, -0.15) is 0 Å². The summed E-state index contributed by atoms with van der Waals surface area (Å²) in [7, 11) is 0. The zero-order valence-electron chi connectivity index (χ0n) is 10.6. The first-order valence-electron chi connectivity index (χ1n) is 5.96. The number of rotatable bonds is 3. The Kier molecular flexibility index (Phi) is 3.87. The van der Waals surface area contributed by atoms with Gasteiger partial charge in [0.05, 0.1) is 6.61 Å². The van der Waals surface area contributed by atoms with Crippen LogP contribution < -0.4 is 9.47 Å². The second kappa shape index (κ2) is 5.58. The maximum absolute atomic E-state index is 11.5. The summed E-state index contributed by atoms with van der Waals surface area (Å²) >= 11 is 0. The molecule has 1 aromatic rings. The van der Waals surface area contributed by atoms with Crippen LogP contribution in [0.4, 0.5) is 0 Å². The van der Waals surface area contributed by atoms with Gasteiger partial charge in [0.25, 0.3) is 0 Å². The third kappa shape index (κ3) is 2.83. The summed E-state index contributed by atoms with van der Waals surface area (Å²) in [6.45, 7) is 5.02. The molecule has 0 fully saturated rings. The Bertz CT molecular complexity index is 477. The molecule has 0 saturated heterocycles. The fraction of sp³-hybridized carbons (Fsp3) is 0.357. The summed E-state index contributed by atoms with van der Waals surface area (Å²) < 4.78 is 15.8. The topological polar surface area (TPSA) is 44.8 Å². The molecule has 1 aliphatic rings. The quantitative estimate of drug-likeness (QED) is 0.608. The van der Waals surface area contributed by atoms with Gasteiger partial charge in [0.15, 0.2) is 11.5 Å². The molecule has 0 atom stereocenters. The van der Waals surface area contributed by atoms with E-state index in [2.05, 4.69) is 0 Å². The summed E-state index contributed by atoms with van der Waals surface area (Å²) in [5.74, 6) is 1.16. The van der Waals surface area contributed by atoms with E-state index in [0.717, 1.165) is 11.3 Å². The van der Waals surface area contributed by atoms with Crippen LogP contribution in [0.5, 0.6) is 11.5 Å². The first-order valence-corrected chi connectivity index (χ1v) is 5.96. The molecule has 4 nitrogen and oxygen atoms in total. The number of carbonyl (C=O) groups is 1. The van der Waals surface area contributed by atoms with Gasteiger partial charge in [0.2, 0.25) is 0 Å². The Hall–Kier alpha value is -1.97. The Morgan fingerprint density at radius 2 is 2.06 bits per heavy atom. The largest absolute Gasteiger partial charge is 0.486 e. The fourth-order valence-corrected chi connectivity index (χ4v) is 1.70. The number of ether oxygens (including phenoxy) is 3. The molecule has 2 rings (SSSR count). The third-order valence-corrected chi connectivity index (χ3v) is 2.55. The Labute approximate surface area is 106 Å². The van der Waals surface area contributed by atoms with Crippen molar-refractivity contribution in [3.05, 3.63) is 29.3 Å². The fourth-order valence-electron chi connectivity index (χ4n) is 1.70. The van der Waals surface area contributed by atoms with E-state index in [1.165, 1.54) is 0 Å². The molecule has 1 aromatic carbocycles. The van der Waals surface area contributed by atoms with Crippen molar-refractivity contribution in [2.24, 2.45) is 0 Å². The first-order chi connectivity index (χ1) is 8.70. The molecule has 0 saturated carbocycles. The molecule has 0 spiro atoms. The molecule has 0 aliphatic carbocycles. The van der Waals surface area contributed by atoms with E-state index in [1.807, 2.05) is 18.2 Å². The van der Waals surface area contributed by atoms with E-state index in [4.69, 9.17) is 14.2 Å². The zero-order chi connectivity index (χ0) is 13.0. The SMILES string of the molecule is CCOC(=O)/C(C)=C/c1ccc2c(c1)OCCO2. The summed E-state index contributed by atoms with van der Waals surface area (Å²) in [6.07, 6.45) is 1.77. The first kappa shape index (κ1) is 12.5. The van der Waals surface area contributed by atoms with Gasteiger partial charge in [0, 0.05) is 5.57 Å². The second-order valence-electron chi connectivity index (χ2n) is 3.95. The highest BCUT2D eigenvalue weighted by molar-refractivity contribution is 5.93. The van der Waals surface area contributed by atoms with Gasteiger partial charge in [-0.1, -0.05) is 6.07 Å².